The van der Waals surface area contributed by atoms with E-state index < -0.39 is 5.54 Å². The van der Waals surface area contributed by atoms with Gasteiger partial charge >= 0.3 is 5.97 Å². The number of likely N-dealkylation sites (N-methyl/N-ethyl adjacent to an activating group) is 2. The predicted molar refractivity (Wildman–Crippen MR) is 65.3 cm³/mol. The monoisotopic (exact) mass is 231 g/mol. The summed E-state index contributed by atoms with van der Waals surface area (Å²) in [6.07, 6.45) is 0.601. The second-order valence-electron chi connectivity index (χ2n) is 4.77. The highest BCUT2D eigenvalue weighted by atomic mass is 16.5. The van der Waals surface area contributed by atoms with E-state index in [9.17, 15) is 4.79 Å². The third-order valence-electron chi connectivity index (χ3n) is 2.59. The van der Waals surface area contributed by atoms with E-state index in [0.29, 0.717) is 6.42 Å². The van der Waals surface area contributed by atoms with Gasteiger partial charge in [0.2, 0.25) is 0 Å². The number of rotatable bonds is 7. The number of carbonyl (C=O) groups excluding carboxylic acids is 1. The lowest BCUT2D eigenvalue weighted by atomic mass is 9.99. The molecule has 16 heavy (non-hydrogen) atoms. The molecule has 0 fully saturated rings. The van der Waals surface area contributed by atoms with Crippen LogP contribution >= 0.6 is 0 Å². The van der Waals surface area contributed by atoms with Crippen LogP contribution in [0.2, 0.25) is 0 Å². The molecule has 5 heteroatoms. The minimum absolute atomic E-state index is 0.353. The van der Waals surface area contributed by atoms with E-state index in [0.717, 1.165) is 19.6 Å². The van der Waals surface area contributed by atoms with Gasteiger partial charge in [0, 0.05) is 19.6 Å². The zero-order chi connectivity index (χ0) is 12.8. The average molecular weight is 231 g/mol. The van der Waals surface area contributed by atoms with Crippen LogP contribution in [-0.2, 0) is 9.53 Å². The highest BCUT2D eigenvalue weighted by Crippen LogP contribution is 2.08. The summed E-state index contributed by atoms with van der Waals surface area (Å²) in [6, 6.07) is 0. The van der Waals surface area contributed by atoms with Gasteiger partial charge in [-0.2, -0.15) is 0 Å². The van der Waals surface area contributed by atoms with Crippen LogP contribution in [0.5, 0.6) is 0 Å². The maximum absolute atomic E-state index is 11.3. The molecule has 0 heterocycles. The Bertz CT molecular complexity index is 217. The summed E-state index contributed by atoms with van der Waals surface area (Å²) in [5.41, 5.74) is 4.98. The molecule has 0 amide bonds. The molecule has 0 aromatic heterocycles. The molecule has 1 unspecified atom stereocenters. The standard InChI is InChI=1S/C11H25N3O2/c1-11(12,10(15)16-5)6-7-14(4)9-8-13(2)3/h6-9,12H2,1-5H3. The lowest BCUT2D eigenvalue weighted by molar-refractivity contribution is -0.146. The second-order valence-corrected chi connectivity index (χ2v) is 4.77. The Morgan fingerprint density at radius 1 is 1.25 bits per heavy atom. The van der Waals surface area contributed by atoms with Gasteiger partial charge in [0.05, 0.1) is 7.11 Å². The number of carbonyl (C=O) groups is 1. The average Bonchev–Trinajstić information content (AvgIpc) is 2.22. The molecule has 0 aliphatic heterocycles. The van der Waals surface area contributed by atoms with Crippen LogP contribution in [0.4, 0.5) is 0 Å². The number of hydrogen-bond acceptors (Lipinski definition) is 5. The fraction of sp³-hybridized carbons (Fsp3) is 0.909. The van der Waals surface area contributed by atoms with E-state index in [1.54, 1.807) is 6.92 Å². The van der Waals surface area contributed by atoms with Gasteiger partial charge in [-0.1, -0.05) is 0 Å². The molecule has 1 atom stereocenters. The van der Waals surface area contributed by atoms with Crippen molar-refractivity contribution in [3.05, 3.63) is 0 Å². The summed E-state index contributed by atoms with van der Waals surface area (Å²) in [5, 5.41) is 0. The molecule has 0 spiro atoms. The Labute approximate surface area is 98.5 Å². The Morgan fingerprint density at radius 3 is 2.25 bits per heavy atom. The molecular formula is C11H25N3O2. The third kappa shape index (κ3) is 6.05. The number of hydrogen-bond donors (Lipinski definition) is 1. The number of ether oxygens (including phenoxy) is 1. The summed E-state index contributed by atoms with van der Waals surface area (Å²) in [5.74, 6) is -0.353. The Hall–Kier alpha value is -0.650. The second kappa shape index (κ2) is 6.83. The van der Waals surface area contributed by atoms with Crippen molar-refractivity contribution < 1.29 is 9.53 Å². The molecule has 0 saturated heterocycles. The Balaban J connectivity index is 3.90. The number of esters is 1. The van der Waals surface area contributed by atoms with E-state index in [-0.39, 0.29) is 5.97 Å². The van der Waals surface area contributed by atoms with Gasteiger partial charge < -0.3 is 20.3 Å². The van der Waals surface area contributed by atoms with Crippen molar-refractivity contribution in [2.45, 2.75) is 18.9 Å². The molecule has 0 aliphatic carbocycles. The van der Waals surface area contributed by atoms with Crippen LogP contribution in [-0.4, -0.2) is 69.2 Å². The molecule has 0 bridgehead atoms. The lowest BCUT2D eigenvalue weighted by Crippen LogP contribution is -2.48. The smallest absolute Gasteiger partial charge is 0.325 e. The molecule has 0 rings (SSSR count). The largest absolute Gasteiger partial charge is 0.468 e. The number of nitrogens with two attached hydrogens (primary N) is 1. The normalized spacial score (nSPS) is 15.2. The van der Waals surface area contributed by atoms with Crippen molar-refractivity contribution in [2.24, 2.45) is 5.73 Å². The minimum atomic E-state index is -0.888. The van der Waals surface area contributed by atoms with E-state index in [1.807, 2.05) is 21.1 Å². The topological polar surface area (TPSA) is 58.8 Å². The molecule has 0 radical (unpaired) electrons. The molecular weight excluding hydrogens is 206 g/mol. The van der Waals surface area contributed by atoms with Crippen molar-refractivity contribution in [1.29, 1.82) is 0 Å². The van der Waals surface area contributed by atoms with Crippen LogP contribution in [0.3, 0.4) is 0 Å². The fourth-order valence-corrected chi connectivity index (χ4v) is 1.24. The predicted octanol–water partition coefficient (Wildman–Crippen LogP) is -0.240. The summed E-state index contributed by atoms with van der Waals surface area (Å²) < 4.78 is 4.65. The minimum Gasteiger partial charge on any atom is -0.468 e. The van der Waals surface area contributed by atoms with Crippen molar-refractivity contribution in [3.63, 3.8) is 0 Å². The first kappa shape index (κ1) is 15.3. The van der Waals surface area contributed by atoms with E-state index >= 15 is 0 Å². The third-order valence-corrected chi connectivity index (χ3v) is 2.59. The molecule has 2 N–H and O–H groups in total. The van der Waals surface area contributed by atoms with Crippen LogP contribution in [0.25, 0.3) is 0 Å². The molecule has 0 saturated carbocycles. The van der Waals surface area contributed by atoms with Gasteiger partial charge in [0.15, 0.2) is 0 Å². The first-order chi connectivity index (χ1) is 7.29. The molecule has 5 nitrogen and oxygen atoms in total. The van der Waals surface area contributed by atoms with Crippen molar-refractivity contribution in [2.75, 3.05) is 47.9 Å². The van der Waals surface area contributed by atoms with Gasteiger partial charge in [0.25, 0.3) is 0 Å². The van der Waals surface area contributed by atoms with E-state index in [1.165, 1.54) is 7.11 Å². The molecule has 0 aliphatic rings. The highest BCUT2D eigenvalue weighted by Gasteiger charge is 2.29. The summed E-state index contributed by atoms with van der Waals surface area (Å²) >= 11 is 0. The van der Waals surface area contributed by atoms with E-state index in [4.69, 9.17) is 5.73 Å². The summed E-state index contributed by atoms with van der Waals surface area (Å²) in [4.78, 5) is 15.6. The quantitative estimate of drug-likeness (QED) is 0.613. The number of methoxy groups -OCH3 is 1. The maximum Gasteiger partial charge on any atom is 0.325 e. The SMILES string of the molecule is COC(=O)C(C)(N)CCN(C)CCN(C)C. The van der Waals surface area contributed by atoms with Crippen LogP contribution in [0.1, 0.15) is 13.3 Å². The highest BCUT2D eigenvalue weighted by molar-refractivity contribution is 5.79. The van der Waals surface area contributed by atoms with Gasteiger partial charge in [-0.3, -0.25) is 4.79 Å². The van der Waals surface area contributed by atoms with Gasteiger partial charge in [-0.05, 0) is 34.5 Å². The van der Waals surface area contributed by atoms with Gasteiger partial charge in [0.1, 0.15) is 5.54 Å². The Kier molecular flexibility index (Phi) is 6.55. The fourth-order valence-electron chi connectivity index (χ4n) is 1.24. The van der Waals surface area contributed by atoms with Crippen LogP contribution in [0.15, 0.2) is 0 Å². The van der Waals surface area contributed by atoms with Crippen molar-refractivity contribution >= 4 is 5.97 Å². The molecule has 0 aromatic carbocycles. The van der Waals surface area contributed by atoms with Crippen LogP contribution < -0.4 is 5.73 Å². The maximum atomic E-state index is 11.3. The van der Waals surface area contributed by atoms with Gasteiger partial charge in [-0.15, -0.1) is 0 Å². The summed E-state index contributed by atoms with van der Waals surface area (Å²) in [6.45, 7) is 4.45. The van der Waals surface area contributed by atoms with E-state index in [2.05, 4.69) is 14.5 Å². The zero-order valence-electron chi connectivity index (χ0n) is 11.1. The molecule has 0 aromatic rings. The molecule has 96 valence electrons. The van der Waals surface area contributed by atoms with Crippen LogP contribution in [0, 0.1) is 0 Å². The zero-order valence-corrected chi connectivity index (χ0v) is 11.1. The summed E-state index contributed by atoms with van der Waals surface area (Å²) in [7, 11) is 7.46. The van der Waals surface area contributed by atoms with Crippen molar-refractivity contribution in [3.8, 4) is 0 Å². The van der Waals surface area contributed by atoms with Gasteiger partial charge in [-0.25, -0.2) is 0 Å². The lowest BCUT2D eigenvalue weighted by Gasteiger charge is -2.25. The number of nitrogens with zero attached hydrogens (tertiary/aromatic N) is 2. The first-order valence-corrected chi connectivity index (χ1v) is 5.50. The van der Waals surface area contributed by atoms with Crippen molar-refractivity contribution in [1.82, 2.24) is 9.80 Å². The Morgan fingerprint density at radius 2 is 1.81 bits per heavy atom. The first-order valence-electron chi connectivity index (χ1n) is 5.50.